The molecule has 0 fully saturated rings. The number of fused-ring (bicyclic) bond motifs is 1. The molecule has 7 nitrogen and oxygen atoms in total. The first-order valence-electron chi connectivity index (χ1n) is 12.8. The Kier molecular flexibility index (Phi) is 9.49. The molecule has 0 spiro atoms. The summed E-state index contributed by atoms with van der Waals surface area (Å²) in [6.07, 6.45) is 3.71. The third-order valence-corrected chi connectivity index (χ3v) is 6.88. The molecule has 0 aliphatic carbocycles. The maximum atomic E-state index is 12.5. The fraction of sp³-hybridized carbons (Fsp3) is 0.333. The van der Waals surface area contributed by atoms with Crippen molar-refractivity contribution in [2.24, 2.45) is 0 Å². The van der Waals surface area contributed by atoms with Gasteiger partial charge >= 0.3 is 0 Å². The summed E-state index contributed by atoms with van der Waals surface area (Å²) < 4.78 is 18.8. The standard InChI is InChI=1S/C30H34ClN3O4/c1-21-19-23(13-14-24(21)31)38-18-17-34-26-10-7-6-9-25(26)33-29(34)11-5-4-8-16-32-30(35)22-12-15-27(36-2)28(20-22)37-3/h6-7,9-10,12-15,19-20H,4-5,8,11,16-18H2,1-3H3,(H,32,35). The van der Waals surface area contributed by atoms with E-state index in [-0.39, 0.29) is 5.91 Å². The Bertz CT molecular complexity index is 1390. The van der Waals surface area contributed by atoms with Crippen molar-refractivity contribution < 1.29 is 19.0 Å². The summed E-state index contributed by atoms with van der Waals surface area (Å²) in [7, 11) is 3.13. The number of para-hydroxylation sites is 2. The smallest absolute Gasteiger partial charge is 0.251 e. The molecule has 0 aliphatic rings. The molecule has 0 saturated heterocycles. The number of ether oxygens (including phenoxy) is 3. The maximum Gasteiger partial charge on any atom is 0.251 e. The highest BCUT2D eigenvalue weighted by atomic mass is 35.5. The van der Waals surface area contributed by atoms with Crippen LogP contribution in [0.5, 0.6) is 17.2 Å². The van der Waals surface area contributed by atoms with E-state index in [0.29, 0.717) is 36.8 Å². The molecule has 4 aromatic rings. The van der Waals surface area contributed by atoms with Crippen LogP contribution in [0.15, 0.2) is 60.7 Å². The quantitative estimate of drug-likeness (QED) is 0.205. The maximum absolute atomic E-state index is 12.5. The number of halogens is 1. The van der Waals surface area contributed by atoms with E-state index in [4.69, 9.17) is 30.8 Å². The van der Waals surface area contributed by atoms with Gasteiger partial charge in [-0.05, 0) is 73.9 Å². The fourth-order valence-corrected chi connectivity index (χ4v) is 4.51. The lowest BCUT2D eigenvalue weighted by atomic mass is 10.1. The molecule has 1 amide bonds. The molecule has 1 heterocycles. The Morgan fingerprint density at radius 1 is 0.974 bits per heavy atom. The van der Waals surface area contributed by atoms with Crippen molar-refractivity contribution in [1.29, 1.82) is 0 Å². The van der Waals surface area contributed by atoms with Crippen molar-refractivity contribution in [2.75, 3.05) is 27.4 Å². The van der Waals surface area contributed by atoms with E-state index < -0.39 is 0 Å². The number of nitrogens with one attached hydrogen (secondary N) is 1. The molecule has 0 bridgehead atoms. The van der Waals surface area contributed by atoms with Gasteiger partial charge in [0.05, 0.1) is 31.8 Å². The monoisotopic (exact) mass is 535 g/mol. The minimum atomic E-state index is -0.122. The number of methoxy groups -OCH3 is 2. The number of benzene rings is 3. The minimum Gasteiger partial charge on any atom is -0.493 e. The van der Waals surface area contributed by atoms with E-state index in [1.807, 2.05) is 43.3 Å². The molecule has 38 heavy (non-hydrogen) atoms. The predicted octanol–water partition coefficient (Wildman–Crippen LogP) is 6.24. The van der Waals surface area contributed by atoms with E-state index in [9.17, 15) is 4.79 Å². The molecule has 1 N–H and O–H groups in total. The lowest BCUT2D eigenvalue weighted by Gasteiger charge is -2.12. The van der Waals surface area contributed by atoms with E-state index in [0.717, 1.165) is 58.9 Å². The van der Waals surface area contributed by atoms with E-state index >= 15 is 0 Å². The van der Waals surface area contributed by atoms with Crippen LogP contribution in [0.25, 0.3) is 11.0 Å². The van der Waals surface area contributed by atoms with Crippen LogP contribution >= 0.6 is 11.6 Å². The largest absolute Gasteiger partial charge is 0.493 e. The molecule has 3 aromatic carbocycles. The zero-order valence-corrected chi connectivity index (χ0v) is 22.9. The highest BCUT2D eigenvalue weighted by Gasteiger charge is 2.12. The summed E-state index contributed by atoms with van der Waals surface area (Å²) in [5.74, 6) is 2.88. The summed E-state index contributed by atoms with van der Waals surface area (Å²) in [6.45, 7) is 3.83. The van der Waals surface area contributed by atoms with Gasteiger partial charge in [-0.2, -0.15) is 0 Å². The Morgan fingerprint density at radius 3 is 2.58 bits per heavy atom. The Hall–Kier alpha value is -3.71. The number of aryl methyl sites for hydroxylation is 2. The van der Waals surface area contributed by atoms with Gasteiger partial charge in [0.25, 0.3) is 5.91 Å². The molecule has 0 unspecified atom stereocenters. The molecule has 1 aromatic heterocycles. The molecule has 0 aliphatic heterocycles. The van der Waals surface area contributed by atoms with Crippen molar-refractivity contribution in [3.8, 4) is 17.2 Å². The van der Waals surface area contributed by atoms with Gasteiger partial charge in [-0.3, -0.25) is 4.79 Å². The number of aromatic nitrogens is 2. The number of carbonyl (C=O) groups excluding carboxylic acids is 1. The highest BCUT2D eigenvalue weighted by molar-refractivity contribution is 6.31. The number of hydrogen-bond acceptors (Lipinski definition) is 5. The van der Waals surface area contributed by atoms with Gasteiger partial charge in [0.1, 0.15) is 18.2 Å². The van der Waals surface area contributed by atoms with Crippen LogP contribution in [0.3, 0.4) is 0 Å². The third kappa shape index (κ3) is 6.78. The van der Waals surface area contributed by atoms with Crippen molar-refractivity contribution in [3.05, 3.63) is 82.6 Å². The predicted molar refractivity (Wildman–Crippen MR) is 151 cm³/mol. The van der Waals surface area contributed by atoms with E-state index in [1.54, 1.807) is 32.4 Å². The number of rotatable bonds is 13. The average Bonchev–Trinajstić information content (AvgIpc) is 3.29. The van der Waals surface area contributed by atoms with Crippen LogP contribution in [0.4, 0.5) is 0 Å². The summed E-state index contributed by atoms with van der Waals surface area (Å²) in [5, 5.41) is 3.73. The van der Waals surface area contributed by atoms with Gasteiger partial charge in [-0.15, -0.1) is 0 Å². The molecule has 0 radical (unpaired) electrons. The minimum absolute atomic E-state index is 0.122. The lowest BCUT2D eigenvalue weighted by molar-refractivity contribution is 0.0952. The summed E-state index contributed by atoms with van der Waals surface area (Å²) in [4.78, 5) is 17.4. The number of amides is 1. The van der Waals surface area contributed by atoms with Crippen LogP contribution in [0, 0.1) is 6.92 Å². The van der Waals surface area contributed by atoms with Crippen molar-refractivity contribution in [2.45, 2.75) is 39.2 Å². The molecule has 200 valence electrons. The number of hydrogen-bond donors (Lipinski definition) is 1. The average molecular weight is 536 g/mol. The second-order valence-electron chi connectivity index (χ2n) is 9.06. The summed E-state index contributed by atoms with van der Waals surface area (Å²) in [6, 6.07) is 19.1. The second kappa shape index (κ2) is 13.2. The van der Waals surface area contributed by atoms with Crippen LogP contribution in [-0.4, -0.2) is 42.8 Å². The summed E-state index contributed by atoms with van der Waals surface area (Å²) in [5.41, 5.74) is 3.65. The fourth-order valence-electron chi connectivity index (χ4n) is 4.39. The number of carbonyl (C=O) groups is 1. The zero-order chi connectivity index (χ0) is 26.9. The van der Waals surface area contributed by atoms with Crippen LogP contribution in [0.2, 0.25) is 5.02 Å². The van der Waals surface area contributed by atoms with Gasteiger partial charge in [-0.1, -0.05) is 30.2 Å². The van der Waals surface area contributed by atoms with E-state index in [2.05, 4.69) is 16.0 Å². The first-order valence-corrected chi connectivity index (χ1v) is 13.2. The van der Waals surface area contributed by atoms with E-state index in [1.165, 1.54) is 0 Å². The SMILES string of the molecule is COc1ccc(C(=O)NCCCCCc2nc3ccccc3n2CCOc2ccc(Cl)c(C)c2)cc1OC. The van der Waals surface area contributed by atoms with Gasteiger partial charge in [0, 0.05) is 23.6 Å². The van der Waals surface area contributed by atoms with Gasteiger partial charge in [-0.25, -0.2) is 4.98 Å². The summed E-state index contributed by atoms with van der Waals surface area (Å²) >= 11 is 6.13. The van der Waals surface area contributed by atoms with Gasteiger partial charge in [0.15, 0.2) is 11.5 Å². The van der Waals surface area contributed by atoms with Crippen LogP contribution in [0.1, 0.15) is 41.0 Å². The van der Waals surface area contributed by atoms with Crippen LogP contribution < -0.4 is 19.5 Å². The molecular weight excluding hydrogens is 502 g/mol. The first kappa shape index (κ1) is 27.3. The Balaban J connectivity index is 1.27. The highest BCUT2D eigenvalue weighted by Crippen LogP contribution is 2.27. The Labute approximate surface area is 228 Å². The lowest BCUT2D eigenvalue weighted by Crippen LogP contribution is -2.24. The zero-order valence-electron chi connectivity index (χ0n) is 22.1. The number of nitrogens with zero attached hydrogens (tertiary/aromatic N) is 2. The van der Waals surface area contributed by atoms with Crippen molar-refractivity contribution in [3.63, 3.8) is 0 Å². The Morgan fingerprint density at radius 2 is 1.79 bits per heavy atom. The third-order valence-electron chi connectivity index (χ3n) is 6.46. The molecule has 4 rings (SSSR count). The normalized spacial score (nSPS) is 10.9. The molecule has 0 saturated carbocycles. The van der Waals surface area contributed by atoms with Gasteiger partial charge < -0.3 is 24.1 Å². The van der Waals surface area contributed by atoms with Crippen molar-refractivity contribution >= 4 is 28.5 Å². The number of unbranched alkanes of at least 4 members (excludes halogenated alkanes) is 2. The molecule has 8 heteroatoms. The van der Waals surface area contributed by atoms with Crippen LogP contribution in [-0.2, 0) is 13.0 Å². The number of imidazole rings is 1. The molecular formula is C30H34ClN3O4. The van der Waals surface area contributed by atoms with Gasteiger partial charge in [0.2, 0.25) is 0 Å². The molecule has 0 atom stereocenters. The van der Waals surface area contributed by atoms with Crippen molar-refractivity contribution in [1.82, 2.24) is 14.9 Å². The topological polar surface area (TPSA) is 74.6 Å². The first-order chi connectivity index (χ1) is 18.5. The second-order valence-corrected chi connectivity index (χ2v) is 9.47.